The highest BCUT2D eigenvalue weighted by Crippen LogP contribution is 2.10. The average molecular weight is 305 g/mol. The summed E-state index contributed by atoms with van der Waals surface area (Å²) in [5.74, 6) is 0.169. The molecule has 3 nitrogen and oxygen atoms in total. The van der Waals surface area contributed by atoms with Crippen LogP contribution in [0.5, 0.6) is 0 Å². The molecule has 1 amide bonds. The second-order valence-electron chi connectivity index (χ2n) is 5.53. The summed E-state index contributed by atoms with van der Waals surface area (Å²) in [4.78, 5) is 12.3. The fourth-order valence-electron chi connectivity index (χ4n) is 2.64. The number of furan rings is 1. The molecule has 116 valence electrons. The molecule has 3 rings (SSSR count). The van der Waals surface area contributed by atoms with Gasteiger partial charge in [-0.05, 0) is 36.1 Å². The van der Waals surface area contributed by atoms with E-state index in [0.717, 1.165) is 12.8 Å². The van der Waals surface area contributed by atoms with Gasteiger partial charge in [-0.2, -0.15) is 0 Å². The van der Waals surface area contributed by atoms with E-state index in [9.17, 15) is 4.79 Å². The highest BCUT2D eigenvalue weighted by atomic mass is 16.3. The van der Waals surface area contributed by atoms with Gasteiger partial charge in [-0.3, -0.25) is 4.79 Å². The fraction of sp³-hybridized carbons (Fsp3) is 0.150. The van der Waals surface area contributed by atoms with Crippen LogP contribution in [0.2, 0.25) is 0 Å². The minimum absolute atomic E-state index is 0.0115. The lowest BCUT2D eigenvalue weighted by molar-refractivity contribution is 0.0908. The largest absolute Gasteiger partial charge is 0.459 e. The predicted octanol–water partition coefficient (Wildman–Crippen LogP) is 3.86. The number of carbonyl (C=O) groups is 1. The van der Waals surface area contributed by atoms with Gasteiger partial charge in [-0.15, -0.1) is 0 Å². The molecule has 0 atom stereocenters. The highest BCUT2D eigenvalue weighted by molar-refractivity contribution is 5.91. The van der Waals surface area contributed by atoms with Crippen LogP contribution in [0.4, 0.5) is 0 Å². The van der Waals surface area contributed by atoms with Crippen LogP contribution < -0.4 is 5.32 Å². The first-order valence-electron chi connectivity index (χ1n) is 7.73. The van der Waals surface area contributed by atoms with E-state index < -0.39 is 0 Å². The Bertz CT molecular complexity index is 679. The summed E-state index contributed by atoms with van der Waals surface area (Å²) in [5.41, 5.74) is 2.40. The Morgan fingerprint density at radius 3 is 1.87 bits per heavy atom. The molecule has 1 aromatic heterocycles. The number of nitrogens with one attached hydrogen (secondary N) is 1. The van der Waals surface area contributed by atoms with Crippen molar-refractivity contribution in [2.24, 2.45) is 0 Å². The van der Waals surface area contributed by atoms with Gasteiger partial charge in [0.15, 0.2) is 5.76 Å². The van der Waals surface area contributed by atoms with E-state index in [4.69, 9.17) is 4.42 Å². The van der Waals surface area contributed by atoms with Gasteiger partial charge in [-0.1, -0.05) is 60.7 Å². The smallest absolute Gasteiger partial charge is 0.287 e. The van der Waals surface area contributed by atoms with Crippen LogP contribution in [-0.2, 0) is 12.8 Å². The molecule has 0 aliphatic heterocycles. The summed E-state index contributed by atoms with van der Waals surface area (Å²) in [6, 6.07) is 23.8. The average Bonchev–Trinajstić information content (AvgIpc) is 3.11. The van der Waals surface area contributed by atoms with Crippen molar-refractivity contribution in [2.75, 3.05) is 0 Å². The molecule has 1 N–H and O–H groups in total. The second kappa shape index (κ2) is 7.45. The molecule has 0 aliphatic carbocycles. The molecule has 0 unspecified atom stereocenters. The number of benzene rings is 2. The van der Waals surface area contributed by atoms with Crippen molar-refractivity contribution in [3.63, 3.8) is 0 Å². The zero-order valence-electron chi connectivity index (χ0n) is 12.8. The minimum Gasteiger partial charge on any atom is -0.459 e. The van der Waals surface area contributed by atoms with E-state index in [2.05, 4.69) is 29.6 Å². The third kappa shape index (κ3) is 4.33. The molecule has 0 spiro atoms. The van der Waals surface area contributed by atoms with Gasteiger partial charge < -0.3 is 9.73 Å². The van der Waals surface area contributed by atoms with Crippen molar-refractivity contribution in [1.29, 1.82) is 0 Å². The molecule has 3 heteroatoms. The Kier molecular flexibility index (Phi) is 4.89. The molecular weight excluding hydrogens is 286 g/mol. The lowest BCUT2D eigenvalue weighted by Crippen LogP contribution is -2.38. The summed E-state index contributed by atoms with van der Waals surface area (Å²) in [6.07, 6.45) is 3.07. The first-order chi connectivity index (χ1) is 11.3. The normalized spacial score (nSPS) is 10.7. The first-order valence-corrected chi connectivity index (χ1v) is 7.73. The molecular formula is C20H19NO2. The van der Waals surface area contributed by atoms with Gasteiger partial charge in [0, 0.05) is 6.04 Å². The topological polar surface area (TPSA) is 42.2 Å². The first kappa shape index (κ1) is 15.1. The maximum atomic E-state index is 12.3. The Morgan fingerprint density at radius 2 is 1.39 bits per heavy atom. The lowest BCUT2D eigenvalue weighted by atomic mass is 9.99. The molecule has 23 heavy (non-hydrogen) atoms. The Hall–Kier alpha value is -2.81. The van der Waals surface area contributed by atoms with Crippen molar-refractivity contribution >= 4 is 5.91 Å². The monoisotopic (exact) mass is 305 g/mol. The summed E-state index contributed by atoms with van der Waals surface area (Å²) in [6.45, 7) is 0. The van der Waals surface area contributed by atoms with Crippen molar-refractivity contribution in [3.05, 3.63) is 95.9 Å². The van der Waals surface area contributed by atoms with E-state index in [0.29, 0.717) is 5.76 Å². The van der Waals surface area contributed by atoms with Crippen molar-refractivity contribution < 1.29 is 9.21 Å². The maximum absolute atomic E-state index is 12.3. The second-order valence-corrected chi connectivity index (χ2v) is 5.53. The van der Waals surface area contributed by atoms with Crippen LogP contribution in [-0.4, -0.2) is 11.9 Å². The Labute approximate surface area is 136 Å². The third-order valence-corrected chi connectivity index (χ3v) is 3.73. The SMILES string of the molecule is O=C(NC(Cc1ccccc1)Cc1ccccc1)c1ccco1. The fourth-order valence-corrected chi connectivity index (χ4v) is 2.64. The summed E-state index contributed by atoms with van der Waals surface area (Å²) in [7, 11) is 0. The lowest BCUT2D eigenvalue weighted by Gasteiger charge is -2.18. The quantitative estimate of drug-likeness (QED) is 0.751. The van der Waals surface area contributed by atoms with Crippen LogP contribution in [0.1, 0.15) is 21.7 Å². The number of rotatable bonds is 6. The third-order valence-electron chi connectivity index (χ3n) is 3.73. The number of hydrogen-bond donors (Lipinski definition) is 1. The van der Waals surface area contributed by atoms with Crippen LogP contribution >= 0.6 is 0 Å². The predicted molar refractivity (Wildman–Crippen MR) is 90.3 cm³/mol. The van der Waals surface area contributed by atoms with Crippen molar-refractivity contribution in [1.82, 2.24) is 5.32 Å². The summed E-state index contributed by atoms with van der Waals surface area (Å²) in [5, 5.41) is 3.08. The van der Waals surface area contributed by atoms with Gasteiger partial charge in [0.25, 0.3) is 5.91 Å². The zero-order chi connectivity index (χ0) is 15.9. The molecule has 1 heterocycles. The van der Waals surface area contributed by atoms with E-state index in [-0.39, 0.29) is 11.9 Å². The molecule has 3 aromatic rings. The molecule has 0 bridgehead atoms. The number of carbonyl (C=O) groups excluding carboxylic acids is 1. The van der Waals surface area contributed by atoms with E-state index in [1.807, 2.05) is 36.4 Å². The standard InChI is InChI=1S/C20H19NO2/c22-20(19-12-7-13-23-19)21-18(14-16-8-3-1-4-9-16)15-17-10-5-2-6-11-17/h1-13,18H,14-15H2,(H,21,22). The van der Waals surface area contributed by atoms with Crippen LogP contribution in [0.3, 0.4) is 0 Å². The van der Waals surface area contributed by atoms with Gasteiger partial charge in [0.05, 0.1) is 6.26 Å². The van der Waals surface area contributed by atoms with Gasteiger partial charge in [0.1, 0.15) is 0 Å². The van der Waals surface area contributed by atoms with E-state index in [1.54, 1.807) is 12.1 Å². The van der Waals surface area contributed by atoms with Gasteiger partial charge >= 0.3 is 0 Å². The highest BCUT2D eigenvalue weighted by Gasteiger charge is 2.16. The van der Waals surface area contributed by atoms with Crippen LogP contribution in [0.25, 0.3) is 0 Å². The Balaban J connectivity index is 1.74. The zero-order valence-corrected chi connectivity index (χ0v) is 12.8. The number of hydrogen-bond acceptors (Lipinski definition) is 2. The van der Waals surface area contributed by atoms with Gasteiger partial charge in [-0.25, -0.2) is 0 Å². The van der Waals surface area contributed by atoms with Crippen molar-refractivity contribution in [3.8, 4) is 0 Å². The molecule has 0 aliphatic rings. The number of amides is 1. The minimum atomic E-state index is -0.174. The van der Waals surface area contributed by atoms with E-state index >= 15 is 0 Å². The van der Waals surface area contributed by atoms with Crippen LogP contribution in [0, 0.1) is 0 Å². The molecule has 2 aromatic carbocycles. The summed E-state index contributed by atoms with van der Waals surface area (Å²) < 4.78 is 5.18. The van der Waals surface area contributed by atoms with Crippen LogP contribution in [0.15, 0.2) is 83.5 Å². The van der Waals surface area contributed by atoms with Crippen molar-refractivity contribution in [2.45, 2.75) is 18.9 Å². The summed E-state index contributed by atoms with van der Waals surface area (Å²) >= 11 is 0. The molecule has 0 saturated carbocycles. The maximum Gasteiger partial charge on any atom is 0.287 e. The molecule has 0 saturated heterocycles. The Morgan fingerprint density at radius 1 is 0.826 bits per heavy atom. The molecule has 0 fully saturated rings. The van der Waals surface area contributed by atoms with E-state index in [1.165, 1.54) is 17.4 Å². The molecule has 0 radical (unpaired) electrons. The van der Waals surface area contributed by atoms with Gasteiger partial charge in [0.2, 0.25) is 0 Å².